The molecule has 1 fully saturated rings. The van der Waals surface area contributed by atoms with Crippen LogP contribution in [0.4, 0.5) is 5.69 Å². The smallest absolute Gasteiger partial charge is 0.106 e. The van der Waals surface area contributed by atoms with E-state index in [4.69, 9.17) is 4.98 Å². The van der Waals surface area contributed by atoms with E-state index in [2.05, 4.69) is 42.2 Å². The van der Waals surface area contributed by atoms with E-state index >= 15 is 0 Å². The first-order valence-electron chi connectivity index (χ1n) is 11.7. The van der Waals surface area contributed by atoms with Gasteiger partial charge in [0.2, 0.25) is 0 Å². The molecule has 5 rings (SSSR count). The van der Waals surface area contributed by atoms with Gasteiger partial charge in [0.1, 0.15) is 13.1 Å². The molecule has 0 amide bonds. The van der Waals surface area contributed by atoms with Crippen LogP contribution in [0.1, 0.15) is 53.4 Å². The highest BCUT2D eigenvalue weighted by Crippen LogP contribution is 2.30. The summed E-state index contributed by atoms with van der Waals surface area (Å²) < 4.78 is 0. The molecule has 0 radical (unpaired) electrons. The number of likely N-dealkylation sites (N-methyl/N-ethyl adjacent to an activating group) is 1. The normalized spacial score (nSPS) is 19.8. The van der Waals surface area contributed by atoms with Gasteiger partial charge >= 0.3 is 0 Å². The van der Waals surface area contributed by atoms with Gasteiger partial charge in [0.05, 0.1) is 23.7 Å². The number of rotatable bonds is 4. The molecular weight excluding hydrogens is 398 g/mol. The lowest BCUT2D eigenvalue weighted by molar-refractivity contribution is -0.905. The lowest BCUT2D eigenvalue weighted by Gasteiger charge is -2.29. The monoisotopic (exact) mass is 427 g/mol. The van der Waals surface area contributed by atoms with Gasteiger partial charge in [-0.25, -0.2) is 4.98 Å². The number of hydrogen-bond acceptors (Lipinski definition) is 4. The molecule has 2 aliphatic rings. The fourth-order valence-electron chi connectivity index (χ4n) is 5.09. The van der Waals surface area contributed by atoms with Gasteiger partial charge in [0, 0.05) is 40.9 Å². The number of para-hydroxylation sites is 1. The van der Waals surface area contributed by atoms with Gasteiger partial charge in [0.25, 0.3) is 0 Å². The van der Waals surface area contributed by atoms with Crippen molar-refractivity contribution < 1.29 is 14.8 Å². The maximum atomic E-state index is 12.2. The molecule has 1 unspecified atom stereocenters. The summed E-state index contributed by atoms with van der Waals surface area (Å²) in [6, 6.07) is 16.2. The zero-order valence-corrected chi connectivity index (χ0v) is 18.6. The summed E-state index contributed by atoms with van der Waals surface area (Å²) in [5, 5.41) is 12.8. The quantitative estimate of drug-likeness (QED) is 0.695. The highest BCUT2D eigenvalue weighted by atomic mass is 16.4. The Bertz CT molecular complexity index is 1180. The van der Waals surface area contributed by atoms with Crippen LogP contribution in [0.25, 0.3) is 22.6 Å². The first-order valence-corrected chi connectivity index (χ1v) is 11.7. The van der Waals surface area contributed by atoms with Crippen molar-refractivity contribution >= 4 is 34.2 Å². The third-order valence-electron chi connectivity index (χ3n) is 6.82. The minimum atomic E-state index is -1.12. The summed E-state index contributed by atoms with van der Waals surface area (Å²) >= 11 is 0. The minimum Gasteiger partial charge on any atom is -0.545 e. The average molecular weight is 428 g/mol. The minimum absolute atomic E-state index is 0.294. The van der Waals surface area contributed by atoms with E-state index in [-0.39, 0.29) is 0 Å². The molecule has 1 atom stereocenters. The molecule has 1 aromatic heterocycles. The zero-order chi connectivity index (χ0) is 22.1. The number of benzene rings is 2. The maximum absolute atomic E-state index is 12.2. The highest BCUT2D eigenvalue weighted by Gasteiger charge is 2.28. The molecule has 3 heterocycles. The maximum Gasteiger partial charge on any atom is 0.106 e. The van der Waals surface area contributed by atoms with Gasteiger partial charge in [-0.1, -0.05) is 30.3 Å². The fraction of sp³-hybridized carbons (Fsp3) is 0.333. The summed E-state index contributed by atoms with van der Waals surface area (Å²) in [4.78, 5) is 20.9. The number of anilines is 1. The second-order valence-corrected chi connectivity index (χ2v) is 8.88. The lowest BCUT2D eigenvalue weighted by Crippen LogP contribution is -3.11. The third kappa shape index (κ3) is 3.89. The molecule has 5 nitrogen and oxygen atoms in total. The molecule has 0 spiro atoms. The van der Waals surface area contributed by atoms with Gasteiger partial charge in [-0.2, -0.15) is 0 Å². The van der Waals surface area contributed by atoms with Crippen LogP contribution in [0.2, 0.25) is 0 Å². The van der Waals surface area contributed by atoms with Crippen molar-refractivity contribution in [2.45, 2.75) is 32.7 Å². The number of carbonyl (C=O) groups is 1. The molecule has 1 N–H and O–H groups in total. The Morgan fingerprint density at radius 3 is 2.53 bits per heavy atom. The molecule has 0 saturated carbocycles. The summed E-state index contributed by atoms with van der Waals surface area (Å²) in [6.45, 7) is 6.80. The van der Waals surface area contributed by atoms with Crippen LogP contribution < -0.4 is 14.9 Å². The van der Waals surface area contributed by atoms with Gasteiger partial charge in [-0.15, -0.1) is 0 Å². The Balaban J connectivity index is 1.58. The summed E-state index contributed by atoms with van der Waals surface area (Å²) in [5.41, 5.74) is 6.08. The summed E-state index contributed by atoms with van der Waals surface area (Å²) in [6.07, 6.45) is 6.03. The lowest BCUT2D eigenvalue weighted by atomic mass is 9.92. The van der Waals surface area contributed by atoms with E-state index in [9.17, 15) is 9.90 Å². The predicted molar refractivity (Wildman–Crippen MR) is 127 cm³/mol. The Kier molecular flexibility index (Phi) is 5.66. The SMILES string of the molecule is CC[NH+]1C/C(=C\c2ccc(N3CCCCC3)cc2)c2nc3ccccc3c(C(=O)[O-])c2C1. The van der Waals surface area contributed by atoms with Gasteiger partial charge in [-0.3, -0.25) is 0 Å². The van der Waals surface area contributed by atoms with E-state index < -0.39 is 5.97 Å². The number of carboxylic acids is 1. The molecule has 5 heteroatoms. The van der Waals surface area contributed by atoms with Crippen molar-refractivity contribution in [3.8, 4) is 0 Å². The second-order valence-electron chi connectivity index (χ2n) is 8.88. The van der Waals surface area contributed by atoms with Gasteiger partial charge in [-0.05, 0) is 56.0 Å². The average Bonchev–Trinajstić information content (AvgIpc) is 2.83. The standard InChI is InChI=1S/C27H29N3O2/c1-2-29-17-20(16-19-10-12-21(13-11-19)30-14-6-3-7-15-30)26-23(18-29)25(27(31)32)22-8-4-5-9-24(22)28-26/h4-5,8-13,16H,2-3,6-7,14-15,17-18H2,1H3,(H,31,32)/b20-16+. The van der Waals surface area contributed by atoms with E-state index in [0.29, 0.717) is 23.0 Å². The number of hydrogen-bond donors (Lipinski definition) is 1. The largest absolute Gasteiger partial charge is 0.545 e. The number of pyridine rings is 1. The van der Waals surface area contributed by atoms with Crippen LogP contribution in [-0.2, 0) is 6.54 Å². The number of carboxylic acid groups (broad SMARTS) is 1. The van der Waals surface area contributed by atoms with E-state index in [0.717, 1.165) is 48.6 Å². The van der Waals surface area contributed by atoms with E-state index in [1.54, 1.807) is 0 Å². The number of piperidine rings is 1. The predicted octanol–water partition coefficient (Wildman–Crippen LogP) is 2.55. The van der Waals surface area contributed by atoms with E-state index in [1.807, 2.05) is 24.3 Å². The van der Waals surface area contributed by atoms with Crippen LogP contribution in [0.5, 0.6) is 0 Å². The summed E-state index contributed by atoms with van der Waals surface area (Å²) in [7, 11) is 0. The molecule has 0 bridgehead atoms. The van der Waals surface area contributed by atoms with E-state index in [1.165, 1.54) is 29.8 Å². The second kappa shape index (κ2) is 8.75. The van der Waals surface area contributed by atoms with Crippen molar-refractivity contribution in [2.75, 3.05) is 31.1 Å². The van der Waals surface area contributed by atoms with Crippen molar-refractivity contribution in [3.05, 3.63) is 70.9 Å². The zero-order valence-electron chi connectivity index (χ0n) is 18.6. The Morgan fingerprint density at radius 1 is 1.06 bits per heavy atom. The van der Waals surface area contributed by atoms with Gasteiger partial charge in [0.15, 0.2) is 0 Å². The van der Waals surface area contributed by atoms with Crippen LogP contribution in [0.3, 0.4) is 0 Å². The number of carbonyl (C=O) groups excluding carboxylic acids is 1. The Hall–Kier alpha value is -3.18. The molecule has 1 saturated heterocycles. The van der Waals surface area contributed by atoms with Crippen LogP contribution in [0.15, 0.2) is 48.5 Å². The molecule has 32 heavy (non-hydrogen) atoms. The number of aromatic carboxylic acids is 1. The number of fused-ring (bicyclic) bond motifs is 2. The summed E-state index contributed by atoms with van der Waals surface area (Å²) in [5.74, 6) is -1.12. The molecule has 0 aliphatic carbocycles. The van der Waals surface area contributed by atoms with Crippen molar-refractivity contribution in [3.63, 3.8) is 0 Å². The first-order chi connectivity index (χ1) is 15.6. The first kappa shape index (κ1) is 20.7. The Morgan fingerprint density at radius 2 is 1.81 bits per heavy atom. The number of nitrogens with zero attached hydrogens (tertiary/aromatic N) is 2. The number of nitrogens with one attached hydrogen (secondary N) is 1. The Labute approximate surface area is 189 Å². The topological polar surface area (TPSA) is 60.7 Å². The molecule has 2 aromatic carbocycles. The molecular formula is C27H29N3O2. The van der Waals surface area contributed by atoms with Crippen molar-refractivity contribution in [2.24, 2.45) is 0 Å². The number of aromatic nitrogens is 1. The highest BCUT2D eigenvalue weighted by molar-refractivity contribution is 6.05. The van der Waals surface area contributed by atoms with Gasteiger partial charge < -0.3 is 19.7 Å². The van der Waals surface area contributed by atoms with Crippen molar-refractivity contribution in [1.82, 2.24) is 4.98 Å². The van der Waals surface area contributed by atoms with Crippen LogP contribution >= 0.6 is 0 Å². The molecule has 164 valence electrons. The number of quaternary nitrogens is 1. The fourth-order valence-corrected chi connectivity index (χ4v) is 5.09. The van der Waals surface area contributed by atoms with Crippen molar-refractivity contribution in [1.29, 1.82) is 0 Å². The molecule has 2 aliphatic heterocycles. The third-order valence-corrected chi connectivity index (χ3v) is 6.82. The van der Waals surface area contributed by atoms with Crippen LogP contribution in [0, 0.1) is 0 Å². The van der Waals surface area contributed by atoms with Crippen LogP contribution in [-0.4, -0.2) is 37.1 Å². The molecule has 3 aromatic rings.